The highest BCUT2D eigenvalue weighted by atomic mass is 16.5. The molecule has 2 heterocycles. The van der Waals surface area contributed by atoms with Gasteiger partial charge in [-0.25, -0.2) is 0 Å². The molecule has 5 heteroatoms. The maximum atomic E-state index is 12.8. The van der Waals surface area contributed by atoms with E-state index in [1.165, 1.54) is 5.56 Å². The van der Waals surface area contributed by atoms with E-state index in [1.54, 1.807) is 0 Å². The second kappa shape index (κ2) is 9.33. The molecule has 2 aromatic carbocycles. The average molecular weight is 407 g/mol. The Morgan fingerprint density at radius 3 is 2.33 bits per heavy atom. The number of rotatable bonds is 6. The Kier molecular flexibility index (Phi) is 6.36. The van der Waals surface area contributed by atoms with E-state index in [4.69, 9.17) is 4.74 Å². The van der Waals surface area contributed by atoms with Crippen molar-refractivity contribution in [2.45, 2.75) is 45.1 Å². The van der Waals surface area contributed by atoms with Crippen molar-refractivity contribution in [2.75, 3.05) is 26.2 Å². The zero-order valence-electron chi connectivity index (χ0n) is 17.7. The third kappa shape index (κ3) is 4.84. The summed E-state index contributed by atoms with van der Waals surface area (Å²) in [5.41, 5.74) is 2.96. The van der Waals surface area contributed by atoms with Crippen LogP contribution in [0.2, 0.25) is 0 Å². The van der Waals surface area contributed by atoms with Gasteiger partial charge < -0.3 is 14.5 Å². The van der Waals surface area contributed by atoms with Crippen LogP contribution in [0.25, 0.3) is 0 Å². The topological polar surface area (TPSA) is 49.9 Å². The Labute approximate surface area is 178 Å². The lowest BCUT2D eigenvalue weighted by Crippen LogP contribution is -2.39. The summed E-state index contributed by atoms with van der Waals surface area (Å²) in [4.78, 5) is 29.1. The minimum absolute atomic E-state index is 0.0997. The van der Waals surface area contributed by atoms with Crippen LogP contribution in [-0.4, -0.2) is 53.9 Å². The minimum Gasteiger partial charge on any atom is -0.491 e. The Bertz CT molecular complexity index is 870. The molecule has 2 aliphatic rings. The SMILES string of the molecule is Cc1ccc(CC(=O)N2CCC[C@H]2COc2ccc(C(=O)N3CCCC3)cc2)cc1. The number of hydrogen-bond acceptors (Lipinski definition) is 3. The van der Waals surface area contributed by atoms with E-state index >= 15 is 0 Å². The van der Waals surface area contributed by atoms with Gasteiger partial charge >= 0.3 is 0 Å². The Hall–Kier alpha value is -2.82. The van der Waals surface area contributed by atoms with Gasteiger partial charge in [-0.1, -0.05) is 29.8 Å². The smallest absolute Gasteiger partial charge is 0.253 e. The fourth-order valence-electron chi connectivity index (χ4n) is 4.31. The number of hydrogen-bond donors (Lipinski definition) is 0. The van der Waals surface area contributed by atoms with Gasteiger partial charge in [0.15, 0.2) is 0 Å². The first-order chi connectivity index (χ1) is 14.6. The van der Waals surface area contributed by atoms with Gasteiger partial charge in [0, 0.05) is 25.2 Å². The van der Waals surface area contributed by atoms with Crippen LogP contribution in [0, 0.1) is 6.92 Å². The number of benzene rings is 2. The van der Waals surface area contributed by atoms with Gasteiger partial charge in [0.2, 0.25) is 5.91 Å². The lowest BCUT2D eigenvalue weighted by Gasteiger charge is -2.25. The average Bonchev–Trinajstić information content (AvgIpc) is 3.46. The molecule has 0 radical (unpaired) electrons. The van der Waals surface area contributed by atoms with Crippen LogP contribution >= 0.6 is 0 Å². The van der Waals surface area contributed by atoms with E-state index in [0.29, 0.717) is 18.6 Å². The normalized spacial score (nSPS) is 18.6. The van der Waals surface area contributed by atoms with Crippen molar-refractivity contribution in [3.63, 3.8) is 0 Å². The predicted octanol–water partition coefficient (Wildman–Crippen LogP) is 3.84. The van der Waals surface area contributed by atoms with E-state index in [-0.39, 0.29) is 17.9 Å². The van der Waals surface area contributed by atoms with Crippen molar-refractivity contribution < 1.29 is 14.3 Å². The third-order valence-corrected chi connectivity index (χ3v) is 6.11. The van der Waals surface area contributed by atoms with Gasteiger partial charge in [-0.05, 0) is 62.4 Å². The van der Waals surface area contributed by atoms with E-state index in [0.717, 1.165) is 56.6 Å². The third-order valence-electron chi connectivity index (χ3n) is 6.11. The molecule has 1 atom stereocenters. The van der Waals surface area contributed by atoms with Gasteiger partial charge in [0.05, 0.1) is 12.5 Å². The summed E-state index contributed by atoms with van der Waals surface area (Å²) in [6, 6.07) is 15.6. The standard InChI is InChI=1S/C25H30N2O3/c1-19-6-8-20(9-7-19)17-24(28)27-16-4-5-22(27)18-30-23-12-10-21(11-13-23)25(29)26-14-2-3-15-26/h6-13,22H,2-5,14-18H2,1H3/t22-/m0/s1. The molecule has 2 saturated heterocycles. The Morgan fingerprint density at radius 2 is 1.63 bits per heavy atom. The molecule has 0 aliphatic carbocycles. The highest BCUT2D eigenvalue weighted by Gasteiger charge is 2.29. The summed E-state index contributed by atoms with van der Waals surface area (Å²) in [5, 5.41) is 0. The van der Waals surface area contributed by atoms with E-state index < -0.39 is 0 Å². The highest BCUT2D eigenvalue weighted by Crippen LogP contribution is 2.22. The number of nitrogens with zero attached hydrogens (tertiary/aromatic N) is 2. The summed E-state index contributed by atoms with van der Waals surface area (Å²) in [6.45, 7) is 5.03. The van der Waals surface area contributed by atoms with E-state index in [2.05, 4.69) is 0 Å². The van der Waals surface area contributed by atoms with E-state index in [9.17, 15) is 9.59 Å². The zero-order valence-corrected chi connectivity index (χ0v) is 17.7. The van der Waals surface area contributed by atoms with Crippen molar-refractivity contribution in [3.8, 4) is 5.75 Å². The Morgan fingerprint density at radius 1 is 0.933 bits per heavy atom. The Balaban J connectivity index is 1.30. The molecule has 2 aromatic rings. The largest absolute Gasteiger partial charge is 0.491 e. The highest BCUT2D eigenvalue weighted by molar-refractivity contribution is 5.94. The summed E-state index contributed by atoms with van der Waals surface area (Å²) >= 11 is 0. The summed E-state index contributed by atoms with van der Waals surface area (Å²) < 4.78 is 5.98. The van der Waals surface area contributed by atoms with Crippen molar-refractivity contribution in [2.24, 2.45) is 0 Å². The summed E-state index contributed by atoms with van der Waals surface area (Å²) in [5.74, 6) is 1.00. The molecule has 30 heavy (non-hydrogen) atoms. The number of likely N-dealkylation sites (tertiary alicyclic amines) is 2. The maximum Gasteiger partial charge on any atom is 0.253 e. The molecule has 4 rings (SSSR count). The molecule has 0 bridgehead atoms. The number of carbonyl (C=O) groups is 2. The number of carbonyl (C=O) groups excluding carboxylic acids is 2. The van der Waals surface area contributed by atoms with Crippen LogP contribution < -0.4 is 4.74 Å². The van der Waals surface area contributed by atoms with Crippen LogP contribution in [0.15, 0.2) is 48.5 Å². The van der Waals surface area contributed by atoms with Crippen LogP contribution in [0.3, 0.4) is 0 Å². The van der Waals surface area contributed by atoms with Crippen molar-refractivity contribution in [3.05, 3.63) is 65.2 Å². The first kappa shape index (κ1) is 20.5. The molecule has 0 saturated carbocycles. The molecule has 2 aliphatic heterocycles. The first-order valence-corrected chi connectivity index (χ1v) is 11.0. The van der Waals surface area contributed by atoms with E-state index in [1.807, 2.05) is 65.3 Å². The lowest BCUT2D eigenvalue weighted by molar-refractivity contribution is -0.131. The minimum atomic E-state index is 0.0997. The number of ether oxygens (including phenoxy) is 1. The van der Waals surface area contributed by atoms with Crippen molar-refractivity contribution >= 4 is 11.8 Å². The molecule has 2 amide bonds. The van der Waals surface area contributed by atoms with Gasteiger partial charge in [-0.2, -0.15) is 0 Å². The summed E-state index contributed by atoms with van der Waals surface area (Å²) in [6.07, 6.45) is 4.59. The predicted molar refractivity (Wildman–Crippen MR) is 117 cm³/mol. The first-order valence-electron chi connectivity index (χ1n) is 11.0. The zero-order chi connectivity index (χ0) is 20.9. The molecular weight excluding hydrogens is 376 g/mol. The van der Waals surface area contributed by atoms with Gasteiger partial charge in [0.25, 0.3) is 5.91 Å². The molecule has 5 nitrogen and oxygen atoms in total. The fraction of sp³-hybridized carbons (Fsp3) is 0.440. The van der Waals surface area contributed by atoms with Gasteiger partial charge in [0.1, 0.15) is 12.4 Å². The molecule has 0 spiro atoms. The quantitative estimate of drug-likeness (QED) is 0.732. The van der Waals surface area contributed by atoms with Crippen LogP contribution in [-0.2, 0) is 11.2 Å². The number of aryl methyl sites for hydroxylation is 1. The van der Waals surface area contributed by atoms with Crippen LogP contribution in [0.1, 0.15) is 47.2 Å². The molecular formula is C25H30N2O3. The lowest BCUT2D eigenvalue weighted by atomic mass is 10.1. The van der Waals surface area contributed by atoms with Crippen LogP contribution in [0.4, 0.5) is 0 Å². The molecule has 0 unspecified atom stereocenters. The van der Waals surface area contributed by atoms with Crippen molar-refractivity contribution in [1.29, 1.82) is 0 Å². The second-order valence-corrected chi connectivity index (χ2v) is 8.38. The van der Waals surface area contributed by atoms with Crippen molar-refractivity contribution in [1.82, 2.24) is 9.80 Å². The molecule has 0 N–H and O–H groups in total. The molecule has 0 aromatic heterocycles. The van der Waals surface area contributed by atoms with Gasteiger partial charge in [-0.15, -0.1) is 0 Å². The molecule has 2 fully saturated rings. The van der Waals surface area contributed by atoms with Gasteiger partial charge in [-0.3, -0.25) is 9.59 Å². The maximum absolute atomic E-state index is 12.8. The van der Waals surface area contributed by atoms with Crippen LogP contribution in [0.5, 0.6) is 5.75 Å². The second-order valence-electron chi connectivity index (χ2n) is 8.38. The number of amides is 2. The molecule has 158 valence electrons. The fourth-order valence-corrected chi connectivity index (χ4v) is 4.31. The monoisotopic (exact) mass is 406 g/mol. The summed E-state index contributed by atoms with van der Waals surface area (Å²) in [7, 11) is 0.